The second-order valence-electron chi connectivity index (χ2n) is 4.58. The summed E-state index contributed by atoms with van der Waals surface area (Å²) in [5.41, 5.74) is 0. The Labute approximate surface area is 111 Å². The van der Waals surface area contributed by atoms with E-state index in [-0.39, 0.29) is 18.9 Å². The van der Waals surface area contributed by atoms with Crippen molar-refractivity contribution >= 4 is 16.0 Å². The number of rotatable bonds is 2. The first-order valence-electron chi connectivity index (χ1n) is 5.92. The molecule has 0 aliphatic carbocycles. The molecule has 9 heteroatoms. The second kappa shape index (κ2) is 5.32. The zero-order valence-corrected chi connectivity index (χ0v) is 11.0. The Morgan fingerprint density at radius 3 is 2.53 bits per heavy atom. The number of likely N-dealkylation sites (tertiary alicyclic amines) is 1. The lowest BCUT2D eigenvalue weighted by Gasteiger charge is -2.30. The van der Waals surface area contributed by atoms with Gasteiger partial charge in [0.15, 0.2) is 6.19 Å². The van der Waals surface area contributed by atoms with E-state index < -0.39 is 21.4 Å². The topological polar surface area (TPSA) is 111 Å². The van der Waals surface area contributed by atoms with Crippen LogP contribution >= 0.6 is 0 Å². The zero-order valence-electron chi connectivity index (χ0n) is 10.2. The van der Waals surface area contributed by atoms with Crippen LogP contribution in [0.15, 0.2) is 0 Å². The van der Waals surface area contributed by atoms with Gasteiger partial charge in [0.25, 0.3) is 10.1 Å². The summed E-state index contributed by atoms with van der Waals surface area (Å²) < 4.78 is 36.4. The van der Waals surface area contributed by atoms with Gasteiger partial charge in [0.1, 0.15) is 11.3 Å². The molecule has 0 saturated carbocycles. The summed E-state index contributed by atoms with van der Waals surface area (Å²) in [5, 5.41) is 7.89. The fourth-order valence-corrected chi connectivity index (χ4v) is 3.13. The summed E-state index contributed by atoms with van der Waals surface area (Å²) in [7, 11) is -4.23. The van der Waals surface area contributed by atoms with Crippen LogP contribution in [-0.2, 0) is 19.6 Å². The Balaban J connectivity index is 2.10. The first kappa shape index (κ1) is 14.0. The molecule has 106 valence electrons. The predicted molar refractivity (Wildman–Crippen MR) is 63.5 cm³/mol. The number of nitrogens with zero attached hydrogens (tertiary/aromatic N) is 3. The molecule has 0 aromatic heterocycles. The van der Waals surface area contributed by atoms with Crippen molar-refractivity contribution in [3.05, 3.63) is 0 Å². The number of hydrogen-bond acceptors (Lipinski definition) is 6. The van der Waals surface area contributed by atoms with Crippen LogP contribution in [0.5, 0.6) is 0 Å². The highest BCUT2D eigenvalue weighted by Gasteiger charge is 2.43. The fraction of sp³-hybridized carbons (Fsp3) is 0.800. The van der Waals surface area contributed by atoms with Gasteiger partial charge >= 0.3 is 0 Å². The van der Waals surface area contributed by atoms with Gasteiger partial charge in [-0.25, -0.2) is 0 Å². The lowest BCUT2D eigenvalue weighted by Crippen LogP contribution is -2.48. The van der Waals surface area contributed by atoms with E-state index in [9.17, 15) is 13.2 Å². The number of hydrogen-bond donors (Lipinski definition) is 1. The first-order valence-corrected chi connectivity index (χ1v) is 7.43. The Kier molecular flexibility index (Phi) is 3.93. The molecule has 8 nitrogen and oxygen atoms in total. The van der Waals surface area contributed by atoms with Crippen LogP contribution in [0.4, 0.5) is 0 Å². The molecule has 0 aromatic rings. The van der Waals surface area contributed by atoms with Gasteiger partial charge in [-0.1, -0.05) is 0 Å². The Morgan fingerprint density at radius 2 is 2.00 bits per heavy atom. The molecule has 2 aliphatic heterocycles. The lowest BCUT2D eigenvalue weighted by atomic mass is 10.2. The molecule has 1 N–H and O–H groups in total. The number of morpholine rings is 1. The third-order valence-corrected chi connectivity index (χ3v) is 4.60. The van der Waals surface area contributed by atoms with Crippen molar-refractivity contribution in [2.45, 2.75) is 17.7 Å². The molecule has 2 fully saturated rings. The Hall–Kier alpha value is -1.37. The fourth-order valence-electron chi connectivity index (χ4n) is 2.35. The molecule has 1 amide bonds. The van der Waals surface area contributed by atoms with Crippen molar-refractivity contribution in [1.82, 2.24) is 9.80 Å². The molecular formula is C10H15N3O5S. The number of nitriles is 1. The number of amides is 1. The van der Waals surface area contributed by atoms with E-state index >= 15 is 0 Å². The van der Waals surface area contributed by atoms with Gasteiger partial charge in [-0.2, -0.15) is 13.7 Å². The quantitative estimate of drug-likeness (QED) is 0.494. The average molecular weight is 289 g/mol. The number of carbonyl (C=O) groups is 1. The minimum Gasteiger partial charge on any atom is -0.378 e. The largest absolute Gasteiger partial charge is 0.378 e. The SMILES string of the molecule is N#CN1C[C@H](S(=O)(=O)O)C[C@H]1C(=O)N1CCOCC1. The van der Waals surface area contributed by atoms with Gasteiger partial charge in [0, 0.05) is 19.6 Å². The summed E-state index contributed by atoms with van der Waals surface area (Å²) in [6.45, 7) is 1.60. The van der Waals surface area contributed by atoms with E-state index in [0.29, 0.717) is 26.3 Å². The molecule has 2 saturated heterocycles. The third-order valence-electron chi connectivity index (χ3n) is 3.42. The molecular weight excluding hydrogens is 274 g/mol. The molecule has 2 atom stereocenters. The van der Waals surface area contributed by atoms with Crippen molar-refractivity contribution in [2.24, 2.45) is 0 Å². The molecule has 2 aliphatic rings. The Bertz CT molecular complexity index is 494. The van der Waals surface area contributed by atoms with Crippen molar-refractivity contribution < 1.29 is 22.5 Å². The molecule has 2 heterocycles. The smallest absolute Gasteiger partial charge is 0.269 e. The van der Waals surface area contributed by atoms with Gasteiger partial charge in [-0.3, -0.25) is 14.2 Å². The van der Waals surface area contributed by atoms with Crippen LogP contribution in [0.1, 0.15) is 6.42 Å². The van der Waals surface area contributed by atoms with Crippen LogP contribution in [0.2, 0.25) is 0 Å². The van der Waals surface area contributed by atoms with E-state index in [1.165, 1.54) is 0 Å². The van der Waals surface area contributed by atoms with Gasteiger partial charge in [-0.05, 0) is 6.42 Å². The van der Waals surface area contributed by atoms with Crippen molar-refractivity contribution in [3.63, 3.8) is 0 Å². The first-order chi connectivity index (χ1) is 8.93. The van der Waals surface area contributed by atoms with E-state index in [4.69, 9.17) is 14.6 Å². The summed E-state index contributed by atoms with van der Waals surface area (Å²) in [6, 6.07) is -0.810. The minimum absolute atomic E-state index is 0.0530. The summed E-state index contributed by atoms with van der Waals surface area (Å²) in [5.74, 6) is -0.281. The van der Waals surface area contributed by atoms with Gasteiger partial charge in [-0.15, -0.1) is 0 Å². The van der Waals surface area contributed by atoms with E-state index in [2.05, 4.69) is 0 Å². The molecule has 0 unspecified atom stereocenters. The van der Waals surface area contributed by atoms with Gasteiger partial charge in [0.05, 0.1) is 13.2 Å². The monoisotopic (exact) mass is 289 g/mol. The zero-order chi connectivity index (χ0) is 14.0. The highest BCUT2D eigenvalue weighted by atomic mass is 32.2. The number of carbonyl (C=O) groups excluding carboxylic acids is 1. The highest BCUT2D eigenvalue weighted by Crippen LogP contribution is 2.24. The molecule has 2 rings (SSSR count). The van der Waals surface area contributed by atoms with Crippen LogP contribution in [0, 0.1) is 11.5 Å². The van der Waals surface area contributed by atoms with Crippen LogP contribution in [0.25, 0.3) is 0 Å². The standard InChI is InChI=1S/C10H15N3O5S/c11-7-13-6-8(19(15,16)17)5-9(13)10(14)12-1-3-18-4-2-12/h8-9H,1-6H2,(H,15,16,17)/t8-,9+/m1/s1. The lowest BCUT2D eigenvalue weighted by molar-refractivity contribution is -0.139. The van der Waals surface area contributed by atoms with Crippen molar-refractivity contribution in [2.75, 3.05) is 32.8 Å². The minimum atomic E-state index is -4.23. The molecule has 0 spiro atoms. The van der Waals surface area contributed by atoms with E-state index in [1.807, 2.05) is 6.19 Å². The predicted octanol–water partition coefficient (Wildman–Crippen LogP) is -1.34. The van der Waals surface area contributed by atoms with E-state index in [1.54, 1.807) is 4.90 Å². The highest BCUT2D eigenvalue weighted by molar-refractivity contribution is 7.86. The van der Waals surface area contributed by atoms with Crippen LogP contribution < -0.4 is 0 Å². The summed E-state index contributed by atoms with van der Waals surface area (Å²) in [6.07, 6.45) is 1.76. The van der Waals surface area contributed by atoms with Crippen LogP contribution in [0.3, 0.4) is 0 Å². The number of ether oxygens (including phenoxy) is 1. The molecule has 0 aromatic carbocycles. The summed E-state index contributed by atoms with van der Waals surface area (Å²) >= 11 is 0. The molecule has 0 radical (unpaired) electrons. The normalized spacial score (nSPS) is 28.2. The van der Waals surface area contributed by atoms with Gasteiger partial charge in [0.2, 0.25) is 5.91 Å². The molecule has 0 bridgehead atoms. The average Bonchev–Trinajstić information content (AvgIpc) is 2.83. The maximum absolute atomic E-state index is 12.2. The second-order valence-corrected chi connectivity index (χ2v) is 6.28. The van der Waals surface area contributed by atoms with Gasteiger partial charge < -0.3 is 9.64 Å². The van der Waals surface area contributed by atoms with Crippen molar-refractivity contribution in [1.29, 1.82) is 5.26 Å². The van der Waals surface area contributed by atoms with Crippen LogP contribution in [-0.4, -0.2) is 72.8 Å². The maximum Gasteiger partial charge on any atom is 0.269 e. The summed E-state index contributed by atoms with van der Waals surface area (Å²) in [4.78, 5) is 14.9. The third kappa shape index (κ3) is 2.97. The van der Waals surface area contributed by atoms with E-state index in [0.717, 1.165) is 4.90 Å². The Morgan fingerprint density at radius 1 is 1.37 bits per heavy atom. The van der Waals surface area contributed by atoms with Crippen molar-refractivity contribution in [3.8, 4) is 6.19 Å². The maximum atomic E-state index is 12.2. The molecule has 19 heavy (non-hydrogen) atoms.